The average molecular weight is 431 g/mol. The zero-order chi connectivity index (χ0) is 21.6. The van der Waals surface area contributed by atoms with Gasteiger partial charge in [0.15, 0.2) is 11.5 Å². The Labute approximate surface area is 184 Å². The van der Waals surface area contributed by atoms with Gasteiger partial charge in [-0.25, -0.2) is 4.79 Å². The van der Waals surface area contributed by atoms with Crippen LogP contribution in [0.3, 0.4) is 0 Å². The molecule has 2 fully saturated rings. The van der Waals surface area contributed by atoms with E-state index in [-0.39, 0.29) is 24.0 Å². The Morgan fingerprint density at radius 2 is 1.74 bits per heavy atom. The van der Waals surface area contributed by atoms with Crippen LogP contribution in [0.25, 0.3) is 0 Å². The second kappa shape index (κ2) is 10.3. The van der Waals surface area contributed by atoms with Gasteiger partial charge in [-0.3, -0.25) is 19.9 Å². The van der Waals surface area contributed by atoms with Crippen molar-refractivity contribution in [3.8, 4) is 11.5 Å². The summed E-state index contributed by atoms with van der Waals surface area (Å²) in [4.78, 5) is 29.2. The molecule has 170 valence electrons. The minimum Gasteiger partial charge on any atom is -0.486 e. The fraction of sp³-hybridized carbons (Fsp3) is 0.652. The molecule has 1 saturated carbocycles. The van der Waals surface area contributed by atoms with Gasteiger partial charge in [-0.2, -0.15) is 0 Å². The van der Waals surface area contributed by atoms with E-state index < -0.39 is 0 Å². The third-order valence-electron chi connectivity index (χ3n) is 6.52. The fourth-order valence-electron chi connectivity index (χ4n) is 4.60. The van der Waals surface area contributed by atoms with Crippen LogP contribution in [-0.4, -0.2) is 73.2 Å². The highest BCUT2D eigenvalue weighted by Gasteiger charge is 2.27. The molecule has 1 aromatic rings. The highest BCUT2D eigenvalue weighted by atomic mass is 16.6. The second-order valence-corrected chi connectivity index (χ2v) is 8.76. The Hall–Kier alpha value is -2.32. The van der Waals surface area contributed by atoms with E-state index in [1.807, 2.05) is 13.0 Å². The first kappa shape index (κ1) is 21.9. The van der Waals surface area contributed by atoms with Gasteiger partial charge in [-0.15, -0.1) is 0 Å². The van der Waals surface area contributed by atoms with E-state index in [1.54, 1.807) is 0 Å². The Bertz CT molecular complexity index is 773. The first-order valence-electron chi connectivity index (χ1n) is 11.5. The number of rotatable bonds is 5. The van der Waals surface area contributed by atoms with E-state index in [0.29, 0.717) is 13.2 Å². The van der Waals surface area contributed by atoms with E-state index in [0.717, 1.165) is 69.9 Å². The van der Waals surface area contributed by atoms with Gasteiger partial charge in [-0.1, -0.05) is 25.3 Å². The number of urea groups is 1. The van der Waals surface area contributed by atoms with Crippen LogP contribution >= 0.6 is 0 Å². The molecule has 0 radical (unpaired) electrons. The number of ether oxygens (including phenoxy) is 2. The summed E-state index contributed by atoms with van der Waals surface area (Å²) in [5, 5.41) is 5.48. The van der Waals surface area contributed by atoms with E-state index >= 15 is 0 Å². The molecule has 1 saturated heterocycles. The quantitative estimate of drug-likeness (QED) is 0.745. The molecule has 0 bridgehead atoms. The molecule has 0 aromatic heterocycles. The molecule has 3 amide bonds. The van der Waals surface area contributed by atoms with Crippen LogP contribution in [-0.2, 0) is 11.3 Å². The lowest BCUT2D eigenvalue weighted by molar-refractivity contribution is -0.125. The van der Waals surface area contributed by atoms with Gasteiger partial charge >= 0.3 is 6.03 Å². The maximum atomic E-state index is 12.6. The number of hydrogen-bond donors (Lipinski definition) is 2. The van der Waals surface area contributed by atoms with Crippen LogP contribution in [0.4, 0.5) is 4.79 Å². The lowest BCUT2D eigenvalue weighted by Gasteiger charge is -2.37. The number of hydrogen-bond acceptors (Lipinski definition) is 6. The lowest BCUT2D eigenvalue weighted by atomic mass is 9.96. The Kier molecular flexibility index (Phi) is 7.29. The fourth-order valence-corrected chi connectivity index (χ4v) is 4.60. The van der Waals surface area contributed by atoms with Gasteiger partial charge in [0.25, 0.3) is 0 Å². The van der Waals surface area contributed by atoms with Crippen molar-refractivity contribution in [1.29, 1.82) is 0 Å². The van der Waals surface area contributed by atoms with E-state index in [1.165, 1.54) is 12.0 Å². The number of piperazine rings is 1. The van der Waals surface area contributed by atoms with Crippen LogP contribution in [0, 0.1) is 0 Å². The van der Waals surface area contributed by atoms with Gasteiger partial charge < -0.3 is 14.8 Å². The standard InChI is InChI=1S/C23H34N4O4/c1-17(22(28)25-23(29)24-19-5-3-2-4-6-19)27-11-9-26(10-12-27)16-18-7-8-20-21(15-18)31-14-13-30-20/h7-8,15,17,19H,2-6,9-14,16H2,1H3,(H2,24,25,28,29)/t17-/m0/s1. The monoisotopic (exact) mass is 430 g/mol. The predicted molar refractivity (Wildman–Crippen MR) is 117 cm³/mol. The van der Waals surface area contributed by atoms with Crippen molar-refractivity contribution in [2.75, 3.05) is 39.4 Å². The molecule has 8 heteroatoms. The topological polar surface area (TPSA) is 83.1 Å². The summed E-state index contributed by atoms with van der Waals surface area (Å²) >= 11 is 0. The van der Waals surface area contributed by atoms with Crippen molar-refractivity contribution in [3.05, 3.63) is 23.8 Å². The maximum Gasteiger partial charge on any atom is 0.321 e. The van der Waals surface area contributed by atoms with Crippen molar-refractivity contribution >= 4 is 11.9 Å². The number of carbonyl (C=O) groups excluding carboxylic acids is 2. The number of nitrogens with zero attached hydrogens (tertiary/aromatic N) is 2. The first-order chi connectivity index (χ1) is 15.1. The second-order valence-electron chi connectivity index (χ2n) is 8.76. The number of carbonyl (C=O) groups is 2. The summed E-state index contributed by atoms with van der Waals surface area (Å²) in [6, 6.07) is 5.63. The summed E-state index contributed by atoms with van der Waals surface area (Å²) in [6.07, 6.45) is 5.53. The molecule has 0 unspecified atom stereocenters. The molecular weight excluding hydrogens is 396 g/mol. The normalized spacial score (nSPS) is 21.3. The Morgan fingerprint density at radius 3 is 2.48 bits per heavy atom. The summed E-state index contributed by atoms with van der Waals surface area (Å²) in [5.41, 5.74) is 1.20. The molecule has 3 aliphatic rings. The van der Waals surface area contributed by atoms with Crippen LogP contribution in [0.5, 0.6) is 11.5 Å². The van der Waals surface area contributed by atoms with E-state index in [2.05, 4.69) is 32.6 Å². The number of nitrogens with one attached hydrogen (secondary N) is 2. The predicted octanol–water partition coefficient (Wildman–Crippen LogP) is 2.12. The molecule has 0 spiro atoms. The molecular formula is C23H34N4O4. The van der Waals surface area contributed by atoms with Gasteiger partial charge in [0, 0.05) is 38.8 Å². The zero-order valence-electron chi connectivity index (χ0n) is 18.4. The SMILES string of the molecule is C[C@@H](C(=O)NC(=O)NC1CCCCC1)N1CCN(Cc2ccc3c(c2)OCCO3)CC1. The molecule has 1 aliphatic carbocycles. The minimum absolute atomic E-state index is 0.195. The molecule has 4 rings (SSSR count). The van der Waals surface area contributed by atoms with E-state index in [9.17, 15) is 9.59 Å². The zero-order valence-corrected chi connectivity index (χ0v) is 18.4. The molecule has 31 heavy (non-hydrogen) atoms. The highest BCUT2D eigenvalue weighted by molar-refractivity contribution is 5.96. The average Bonchev–Trinajstić information content (AvgIpc) is 2.79. The van der Waals surface area contributed by atoms with Crippen molar-refractivity contribution in [2.24, 2.45) is 0 Å². The molecule has 1 atom stereocenters. The highest BCUT2D eigenvalue weighted by Crippen LogP contribution is 2.31. The van der Waals surface area contributed by atoms with Gasteiger partial charge in [0.2, 0.25) is 5.91 Å². The molecule has 8 nitrogen and oxygen atoms in total. The third-order valence-corrected chi connectivity index (χ3v) is 6.52. The smallest absolute Gasteiger partial charge is 0.321 e. The number of fused-ring (bicyclic) bond motifs is 1. The van der Waals surface area contributed by atoms with Crippen molar-refractivity contribution in [3.63, 3.8) is 0 Å². The summed E-state index contributed by atoms with van der Waals surface area (Å²) in [7, 11) is 0. The van der Waals surface area contributed by atoms with E-state index in [4.69, 9.17) is 9.47 Å². The summed E-state index contributed by atoms with van der Waals surface area (Å²) in [6.45, 7) is 7.25. The molecule has 2 N–H and O–H groups in total. The number of benzene rings is 1. The Balaban J connectivity index is 1.20. The van der Waals surface area contributed by atoms with Gasteiger partial charge in [-0.05, 0) is 37.5 Å². The van der Waals surface area contributed by atoms with Crippen LogP contribution in [0.2, 0.25) is 0 Å². The van der Waals surface area contributed by atoms with Crippen molar-refractivity contribution in [1.82, 2.24) is 20.4 Å². The number of imide groups is 1. The third kappa shape index (κ3) is 5.89. The summed E-state index contributed by atoms with van der Waals surface area (Å²) in [5.74, 6) is 1.40. The van der Waals surface area contributed by atoms with Crippen LogP contribution in [0.1, 0.15) is 44.6 Å². The molecule has 2 aliphatic heterocycles. The maximum absolute atomic E-state index is 12.6. The first-order valence-corrected chi connectivity index (χ1v) is 11.5. The van der Waals surface area contributed by atoms with Crippen LogP contribution < -0.4 is 20.1 Å². The van der Waals surface area contributed by atoms with Crippen molar-refractivity contribution < 1.29 is 19.1 Å². The number of amides is 3. The largest absolute Gasteiger partial charge is 0.486 e. The Morgan fingerprint density at radius 1 is 1.03 bits per heavy atom. The molecule has 1 aromatic carbocycles. The summed E-state index contributed by atoms with van der Waals surface area (Å²) < 4.78 is 11.3. The lowest BCUT2D eigenvalue weighted by Crippen LogP contribution is -2.55. The van der Waals surface area contributed by atoms with Crippen LogP contribution in [0.15, 0.2) is 18.2 Å². The van der Waals surface area contributed by atoms with Gasteiger partial charge in [0.1, 0.15) is 13.2 Å². The minimum atomic E-state index is -0.360. The van der Waals surface area contributed by atoms with Crippen molar-refractivity contribution in [2.45, 2.75) is 57.7 Å². The molecule has 2 heterocycles. The van der Waals surface area contributed by atoms with Gasteiger partial charge in [0.05, 0.1) is 6.04 Å².